The van der Waals surface area contributed by atoms with Crippen molar-refractivity contribution >= 4 is 34.6 Å². The first-order valence-corrected chi connectivity index (χ1v) is 14.2. The van der Waals surface area contributed by atoms with Gasteiger partial charge in [-0.3, -0.25) is 5.43 Å². The SMILES string of the molecule is O=C1N(c2ccccc2)N=C(c2ccc(-c3nn(-c4ccccc4)c(=O)[n+](-c4ccccc4)n3)s2)NN1c1ccccc1. The van der Waals surface area contributed by atoms with Crippen LogP contribution in [0.15, 0.2) is 143 Å². The van der Waals surface area contributed by atoms with Crippen LogP contribution in [0.4, 0.5) is 16.2 Å². The van der Waals surface area contributed by atoms with E-state index in [0.29, 0.717) is 39.3 Å². The smallest absolute Gasteiger partial charge is 0.270 e. The van der Waals surface area contributed by atoms with E-state index >= 15 is 0 Å². The highest BCUT2D eigenvalue weighted by atomic mass is 32.1. The van der Waals surface area contributed by atoms with E-state index < -0.39 is 5.69 Å². The Hall–Kier alpha value is -5.94. The molecule has 0 unspecified atom stereocenters. The highest BCUT2D eigenvalue weighted by Gasteiger charge is 2.31. The molecule has 6 aromatic rings. The topological polar surface area (TPSA) is 99.6 Å². The number of hydrazone groups is 1. The lowest BCUT2D eigenvalue weighted by Gasteiger charge is -2.33. The molecule has 3 heterocycles. The van der Waals surface area contributed by atoms with Gasteiger partial charge in [0.1, 0.15) is 0 Å². The molecule has 10 nitrogen and oxygen atoms in total. The molecule has 1 aliphatic heterocycles. The lowest BCUT2D eigenvalue weighted by molar-refractivity contribution is -0.679. The minimum absolute atomic E-state index is 0.347. The van der Waals surface area contributed by atoms with Gasteiger partial charge in [-0.1, -0.05) is 82.2 Å². The maximum absolute atomic E-state index is 13.5. The molecule has 2 amide bonds. The van der Waals surface area contributed by atoms with Crippen LogP contribution in [0.1, 0.15) is 4.88 Å². The zero-order chi connectivity index (χ0) is 29.2. The van der Waals surface area contributed by atoms with E-state index in [4.69, 9.17) is 0 Å². The number of carbonyl (C=O) groups is 1. The van der Waals surface area contributed by atoms with Crippen molar-refractivity contribution < 1.29 is 9.48 Å². The number of hydrogen-bond acceptors (Lipinski definition) is 7. The third-order valence-electron chi connectivity index (χ3n) is 6.62. The summed E-state index contributed by atoms with van der Waals surface area (Å²) < 4.78 is 2.69. The molecule has 0 atom stereocenters. The minimum atomic E-state index is -0.397. The Morgan fingerprint density at radius 3 is 1.84 bits per heavy atom. The van der Waals surface area contributed by atoms with Gasteiger partial charge in [-0.25, -0.2) is 9.80 Å². The van der Waals surface area contributed by atoms with Crippen LogP contribution < -0.4 is 25.8 Å². The second-order valence-electron chi connectivity index (χ2n) is 9.43. The number of hydrazine groups is 1. The van der Waals surface area contributed by atoms with Crippen LogP contribution in [0.5, 0.6) is 0 Å². The second-order valence-corrected chi connectivity index (χ2v) is 10.5. The first kappa shape index (κ1) is 26.0. The van der Waals surface area contributed by atoms with Crippen LogP contribution in [0, 0.1) is 0 Å². The number of para-hydroxylation sites is 4. The molecular formula is C32H23N8O2S+. The summed E-state index contributed by atoms with van der Waals surface area (Å²) in [5, 5.41) is 16.8. The highest BCUT2D eigenvalue weighted by molar-refractivity contribution is 7.17. The lowest BCUT2D eigenvalue weighted by atomic mass is 10.3. The van der Waals surface area contributed by atoms with Crippen molar-refractivity contribution in [2.45, 2.75) is 0 Å². The first-order valence-electron chi connectivity index (χ1n) is 13.4. The van der Waals surface area contributed by atoms with Crippen molar-refractivity contribution in [2.24, 2.45) is 5.10 Å². The molecule has 0 fully saturated rings. The summed E-state index contributed by atoms with van der Waals surface area (Å²) in [6, 6.07) is 40.5. The summed E-state index contributed by atoms with van der Waals surface area (Å²) >= 11 is 1.39. The number of aromatic nitrogens is 4. The van der Waals surface area contributed by atoms with Gasteiger partial charge < -0.3 is 0 Å². The van der Waals surface area contributed by atoms with Crippen LogP contribution in [0.25, 0.3) is 22.1 Å². The van der Waals surface area contributed by atoms with Crippen molar-refractivity contribution in [3.05, 3.63) is 149 Å². The fourth-order valence-corrected chi connectivity index (χ4v) is 5.42. The van der Waals surface area contributed by atoms with Crippen molar-refractivity contribution in [2.75, 3.05) is 10.0 Å². The highest BCUT2D eigenvalue weighted by Crippen LogP contribution is 2.28. The lowest BCUT2D eigenvalue weighted by Crippen LogP contribution is -2.56. The second kappa shape index (κ2) is 11.1. The Labute approximate surface area is 250 Å². The molecule has 2 aromatic heterocycles. The molecule has 43 heavy (non-hydrogen) atoms. The minimum Gasteiger partial charge on any atom is -0.270 e. The molecule has 7 rings (SSSR count). The van der Waals surface area contributed by atoms with E-state index in [1.165, 1.54) is 30.7 Å². The van der Waals surface area contributed by atoms with E-state index in [0.717, 1.165) is 4.88 Å². The molecule has 1 aliphatic rings. The summed E-state index contributed by atoms with van der Waals surface area (Å²) in [5.74, 6) is 0.826. The monoisotopic (exact) mass is 583 g/mol. The summed E-state index contributed by atoms with van der Waals surface area (Å²) in [4.78, 5) is 28.5. The number of urea groups is 1. The maximum Gasteiger partial charge on any atom is 0.550 e. The van der Waals surface area contributed by atoms with E-state index in [1.54, 1.807) is 0 Å². The number of hydrogen-bond donors (Lipinski definition) is 1. The number of benzene rings is 4. The fraction of sp³-hybridized carbons (Fsp3) is 0. The fourth-order valence-electron chi connectivity index (χ4n) is 4.55. The van der Waals surface area contributed by atoms with Gasteiger partial charge in [-0.15, -0.1) is 16.4 Å². The number of rotatable bonds is 6. The summed E-state index contributed by atoms with van der Waals surface area (Å²) in [7, 11) is 0. The Balaban J connectivity index is 1.33. The summed E-state index contributed by atoms with van der Waals surface area (Å²) in [6.45, 7) is 0. The third kappa shape index (κ3) is 5.04. The van der Waals surface area contributed by atoms with E-state index in [1.807, 2.05) is 133 Å². The summed E-state index contributed by atoms with van der Waals surface area (Å²) in [5.41, 5.74) is 5.32. The van der Waals surface area contributed by atoms with Gasteiger partial charge in [0.2, 0.25) is 0 Å². The van der Waals surface area contributed by atoms with Gasteiger partial charge in [0.05, 0.1) is 21.1 Å². The van der Waals surface area contributed by atoms with Gasteiger partial charge in [0.15, 0.2) is 17.2 Å². The van der Waals surface area contributed by atoms with E-state index in [-0.39, 0.29) is 6.03 Å². The van der Waals surface area contributed by atoms with Crippen molar-refractivity contribution in [1.82, 2.24) is 20.3 Å². The molecular weight excluding hydrogens is 560 g/mol. The molecule has 0 radical (unpaired) electrons. The largest absolute Gasteiger partial charge is 0.550 e. The van der Waals surface area contributed by atoms with E-state index in [9.17, 15) is 9.59 Å². The molecule has 1 N–H and O–H groups in total. The van der Waals surface area contributed by atoms with Crippen LogP contribution in [0.3, 0.4) is 0 Å². The Kier molecular flexibility index (Phi) is 6.74. The summed E-state index contributed by atoms with van der Waals surface area (Å²) in [6.07, 6.45) is 0. The molecule has 0 bridgehead atoms. The van der Waals surface area contributed by atoms with Crippen LogP contribution in [-0.2, 0) is 0 Å². The maximum atomic E-state index is 13.5. The Morgan fingerprint density at radius 1 is 0.628 bits per heavy atom. The van der Waals surface area contributed by atoms with Gasteiger partial charge in [0, 0.05) is 0 Å². The predicted molar refractivity (Wildman–Crippen MR) is 165 cm³/mol. The van der Waals surface area contributed by atoms with Crippen molar-refractivity contribution in [3.8, 4) is 22.1 Å². The van der Waals surface area contributed by atoms with Gasteiger partial charge >= 0.3 is 11.7 Å². The average molecular weight is 584 g/mol. The van der Waals surface area contributed by atoms with Gasteiger partial charge in [-0.05, 0) is 70.9 Å². The number of nitrogens with one attached hydrogen (secondary N) is 1. The number of anilines is 2. The number of amides is 2. The van der Waals surface area contributed by atoms with Crippen molar-refractivity contribution in [1.29, 1.82) is 0 Å². The molecule has 0 aliphatic carbocycles. The van der Waals surface area contributed by atoms with Crippen molar-refractivity contribution in [3.63, 3.8) is 0 Å². The Bertz CT molecular complexity index is 1930. The molecule has 208 valence electrons. The van der Waals surface area contributed by atoms with Gasteiger partial charge in [0.25, 0.3) is 5.82 Å². The van der Waals surface area contributed by atoms with Crippen LogP contribution in [-0.4, -0.2) is 26.7 Å². The number of carbonyl (C=O) groups excluding carboxylic acids is 1. The number of amidine groups is 1. The normalized spacial score (nSPS) is 13.0. The standard InChI is InChI=1S/C32H23N8O2S/c41-31-37(23-13-5-1-6-14-23)33-29(34-38(31)24-15-7-2-8-16-24)27-21-22-28(43-27)30-35-39(25-17-9-3-10-18-25)32(42)40(36-30)26-19-11-4-12-20-26/h1-22H,(H,33,34)/q+1. The molecule has 0 saturated carbocycles. The molecule has 0 saturated heterocycles. The van der Waals surface area contributed by atoms with Crippen LogP contribution >= 0.6 is 11.3 Å². The number of thiophene rings is 1. The third-order valence-corrected chi connectivity index (χ3v) is 7.71. The Morgan fingerprint density at radius 2 is 1.19 bits per heavy atom. The number of nitrogens with zero attached hydrogens (tertiary/aromatic N) is 7. The van der Waals surface area contributed by atoms with Gasteiger partial charge in [-0.2, -0.15) is 9.80 Å². The molecule has 4 aromatic carbocycles. The van der Waals surface area contributed by atoms with Crippen LogP contribution in [0.2, 0.25) is 0 Å². The first-order chi connectivity index (χ1) is 21.2. The molecule has 11 heteroatoms. The predicted octanol–water partition coefficient (Wildman–Crippen LogP) is 4.95. The zero-order valence-corrected chi connectivity index (χ0v) is 23.4. The zero-order valence-electron chi connectivity index (χ0n) is 22.6. The quantitative estimate of drug-likeness (QED) is 0.280. The average Bonchev–Trinajstić information content (AvgIpc) is 3.57. The van der Waals surface area contributed by atoms with E-state index in [2.05, 4.69) is 20.7 Å². The molecule has 0 spiro atoms.